The summed E-state index contributed by atoms with van der Waals surface area (Å²) in [6, 6.07) is 0. The SMILES string of the molecule is CC(C)C1=NN=C(C(Cl)Cl)S1=S(=O)=O. The van der Waals surface area contributed by atoms with Crippen molar-refractivity contribution in [2.24, 2.45) is 16.1 Å². The molecule has 1 aliphatic heterocycles. The number of rotatable bonds is 2. The smallest absolute Gasteiger partial charge is 0.177 e. The van der Waals surface area contributed by atoms with Crippen molar-refractivity contribution in [1.29, 1.82) is 0 Å². The van der Waals surface area contributed by atoms with E-state index in [4.69, 9.17) is 23.2 Å². The van der Waals surface area contributed by atoms with E-state index in [9.17, 15) is 8.42 Å². The van der Waals surface area contributed by atoms with Gasteiger partial charge < -0.3 is 0 Å². The molecule has 1 atom stereocenters. The van der Waals surface area contributed by atoms with Gasteiger partial charge in [0.15, 0.2) is 4.84 Å². The van der Waals surface area contributed by atoms with Gasteiger partial charge in [-0.15, -0.1) is 10.2 Å². The topological polar surface area (TPSA) is 58.9 Å². The van der Waals surface area contributed by atoms with Crippen LogP contribution in [0.3, 0.4) is 0 Å². The van der Waals surface area contributed by atoms with Crippen LogP contribution < -0.4 is 0 Å². The second kappa shape index (κ2) is 4.74. The molecule has 1 heterocycles. The van der Waals surface area contributed by atoms with Crippen molar-refractivity contribution in [3.8, 4) is 0 Å². The Kier molecular flexibility index (Phi) is 4.12. The molecule has 0 N–H and O–H groups in total. The molecule has 0 radical (unpaired) electrons. The van der Waals surface area contributed by atoms with E-state index in [1.54, 1.807) is 0 Å². The molecule has 0 saturated heterocycles. The van der Waals surface area contributed by atoms with E-state index in [0.29, 0.717) is 5.04 Å². The lowest BCUT2D eigenvalue weighted by molar-refractivity contribution is 0.628. The van der Waals surface area contributed by atoms with Gasteiger partial charge in [-0.25, -0.2) is 0 Å². The largest absolute Gasteiger partial charge is 0.252 e. The summed E-state index contributed by atoms with van der Waals surface area (Å²) in [6.45, 7) is 3.70. The zero-order chi connectivity index (χ0) is 10.9. The van der Waals surface area contributed by atoms with Crippen molar-refractivity contribution in [3.05, 3.63) is 0 Å². The van der Waals surface area contributed by atoms with Crippen LogP contribution in [-0.4, -0.2) is 23.3 Å². The molecule has 14 heavy (non-hydrogen) atoms. The van der Waals surface area contributed by atoms with Gasteiger partial charge in [0.25, 0.3) is 9.26 Å². The summed E-state index contributed by atoms with van der Waals surface area (Å²) in [5, 5.41) is 8.22. The van der Waals surface area contributed by atoms with E-state index in [2.05, 4.69) is 10.2 Å². The van der Waals surface area contributed by atoms with Crippen LogP contribution in [-0.2, 0) is 18.7 Å². The standard InChI is InChI=1S/C6H8Cl2N2O2S2/c1-3(2)5-9-10-6(4(7)8)13(5)14(11)12/h3-4H,1-2H3. The molecular formula is C6H8Cl2N2O2S2. The Hall–Kier alpha value is 0.0900. The van der Waals surface area contributed by atoms with Crippen molar-refractivity contribution in [1.82, 2.24) is 0 Å². The van der Waals surface area contributed by atoms with Crippen molar-refractivity contribution in [2.75, 3.05) is 0 Å². The van der Waals surface area contributed by atoms with E-state index in [-0.39, 0.29) is 11.0 Å². The molecule has 1 unspecified atom stereocenters. The monoisotopic (exact) mass is 274 g/mol. The zero-order valence-corrected chi connectivity index (χ0v) is 10.6. The highest BCUT2D eigenvalue weighted by atomic mass is 35.5. The fraction of sp³-hybridized carbons (Fsp3) is 0.667. The Labute approximate surface area is 95.1 Å². The predicted molar refractivity (Wildman–Crippen MR) is 61.5 cm³/mol. The molecule has 80 valence electrons. The summed E-state index contributed by atoms with van der Waals surface area (Å²) in [5.74, 6) is 0.0181. The van der Waals surface area contributed by atoms with Gasteiger partial charge in [-0.3, -0.25) is 0 Å². The van der Waals surface area contributed by atoms with E-state index in [0.717, 1.165) is 0 Å². The minimum atomic E-state index is -2.29. The molecule has 0 fully saturated rings. The zero-order valence-electron chi connectivity index (χ0n) is 7.44. The highest BCUT2D eigenvalue weighted by Crippen LogP contribution is 2.19. The lowest BCUT2D eigenvalue weighted by Gasteiger charge is -2.05. The Morgan fingerprint density at radius 1 is 1.21 bits per heavy atom. The van der Waals surface area contributed by atoms with Crippen molar-refractivity contribution in [3.63, 3.8) is 0 Å². The maximum absolute atomic E-state index is 11.0. The van der Waals surface area contributed by atoms with Crippen LogP contribution >= 0.6 is 23.2 Å². The Balaban J connectivity index is 3.23. The van der Waals surface area contributed by atoms with Gasteiger partial charge in [-0.05, 0) is 0 Å². The van der Waals surface area contributed by atoms with E-state index < -0.39 is 23.6 Å². The summed E-state index contributed by atoms with van der Waals surface area (Å²) >= 11 is 11.2. The van der Waals surface area contributed by atoms with Gasteiger partial charge >= 0.3 is 0 Å². The molecule has 0 spiro atoms. The summed E-state index contributed by atoms with van der Waals surface area (Å²) < 4.78 is 21.9. The number of hydrogen-bond acceptors (Lipinski definition) is 4. The summed E-state index contributed by atoms with van der Waals surface area (Å²) in [7, 11) is -3.46. The lowest BCUT2D eigenvalue weighted by Crippen LogP contribution is -2.21. The van der Waals surface area contributed by atoms with Gasteiger partial charge in [0, 0.05) is 15.4 Å². The number of halogens is 2. The van der Waals surface area contributed by atoms with Crippen LogP contribution in [0, 0.1) is 5.92 Å². The molecule has 1 aliphatic rings. The quantitative estimate of drug-likeness (QED) is 0.718. The van der Waals surface area contributed by atoms with Crippen LogP contribution in [0.15, 0.2) is 10.2 Å². The lowest BCUT2D eigenvalue weighted by atomic mass is 10.2. The highest BCUT2D eigenvalue weighted by molar-refractivity contribution is 8.49. The average molecular weight is 275 g/mol. The summed E-state index contributed by atoms with van der Waals surface area (Å²) in [4.78, 5) is -0.920. The Morgan fingerprint density at radius 2 is 1.71 bits per heavy atom. The molecule has 0 bridgehead atoms. The molecule has 1 rings (SSSR count). The molecule has 4 nitrogen and oxygen atoms in total. The van der Waals surface area contributed by atoms with Crippen molar-refractivity contribution in [2.45, 2.75) is 18.7 Å². The summed E-state index contributed by atoms with van der Waals surface area (Å²) in [6.07, 6.45) is 0. The number of nitrogens with zero attached hydrogens (tertiary/aromatic N) is 2. The molecule has 0 aromatic rings. The molecule has 0 aliphatic carbocycles. The second-order valence-corrected chi connectivity index (χ2v) is 7.50. The fourth-order valence-electron chi connectivity index (χ4n) is 0.873. The Bertz CT molecular complexity index is 403. The van der Waals surface area contributed by atoms with Crippen molar-refractivity contribution >= 4 is 52.0 Å². The van der Waals surface area contributed by atoms with E-state index >= 15 is 0 Å². The molecule has 0 aromatic heterocycles. The van der Waals surface area contributed by atoms with E-state index in [1.165, 1.54) is 0 Å². The first-order chi connectivity index (χ1) is 6.45. The van der Waals surface area contributed by atoms with Crippen LogP contribution in [0.4, 0.5) is 0 Å². The van der Waals surface area contributed by atoms with Crippen LogP contribution in [0.1, 0.15) is 13.8 Å². The first kappa shape index (κ1) is 12.2. The average Bonchev–Trinajstić information content (AvgIpc) is 2.46. The van der Waals surface area contributed by atoms with Gasteiger partial charge in [0.05, 0.1) is 0 Å². The summed E-state index contributed by atoms with van der Waals surface area (Å²) in [5.41, 5.74) is 0. The maximum atomic E-state index is 11.0. The molecule has 0 saturated carbocycles. The van der Waals surface area contributed by atoms with Gasteiger partial charge in [0.2, 0.25) is 0 Å². The van der Waals surface area contributed by atoms with Gasteiger partial charge in [-0.2, -0.15) is 8.42 Å². The van der Waals surface area contributed by atoms with Crippen LogP contribution in [0.25, 0.3) is 0 Å². The second-order valence-electron chi connectivity index (χ2n) is 2.80. The van der Waals surface area contributed by atoms with Gasteiger partial charge in [0.1, 0.15) is 10.1 Å². The first-order valence-electron chi connectivity index (χ1n) is 3.72. The molecule has 0 aromatic carbocycles. The fourth-order valence-corrected chi connectivity index (χ4v) is 5.03. The predicted octanol–water partition coefficient (Wildman–Crippen LogP) is 1.58. The number of alkyl halides is 2. The van der Waals surface area contributed by atoms with Crippen LogP contribution in [0.2, 0.25) is 0 Å². The first-order valence-corrected chi connectivity index (χ1v) is 7.41. The normalized spacial score (nSPS) is 21.4. The third-order valence-electron chi connectivity index (χ3n) is 1.44. The molecular weight excluding hydrogens is 267 g/mol. The molecule has 0 amide bonds. The maximum Gasteiger partial charge on any atom is 0.252 e. The third-order valence-corrected chi connectivity index (χ3v) is 5.86. The van der Waals surface area contributed by atoms with Crippen molar-refractivity contribution < 1.29 is 8.42 Å². The highest BCUT2D eigenvalue weighted by Gasteiger charge is 2.28. The molecule has 8 heteroatoms. The van der Waals surface area contributed by atoms with Gasteiger partial charge in [-0.1, -0.05) is 37.0 Å². The minimum absolute atomic E-state index is 0.0181. The third kappa shape index (κ3) is 2.36. The Morgan fingerprint density at radius 3 is 2.07 bits per heavy atom. The van der Waals surface area contributed by atoms with Crippen LogP contribution in [0.5, 0.6) is 0 Å². The minimum Gasteiger partial charge on any atom is -0.177 e. The van der Waals surface area contributed by atoms with E-state index in [1.807, 2.05) is 13.8 Å². The number of hydrogen-bond donors (Lipinski definition) is 0.